The Morgan fingerprint density at radius 2 is 1.50 bits per heavy atom. The Morgan fingerprint density at radius 3 is 1.93 bits per heavy atom. The number of amides is 1. The largest absolute Gasteiger partial charge is 0.668 e. The number of likely N-dealkylation sites (tertiary alicyclic amines) is 2. The van der Waals surface area contributed by atoms with E-state index in [4.69, 9.17) is 0 Å². The predicted octanol–water partition coefficient (Wildman–Crippen LogP) is 2.36. The molecule has 7 heteroatoms. The van der Waals surface area contributed by atoms with Crippen LogP contribution in [0, 0.1) is 26.2 Å². The molecule has 0 aromatic carbocycles. The molecule has 0 aliphatic carbocycles. The fraction of sp³-hybridized carbons (Fsp3) is 0.810. The van der Waals surface area contributed by atoms with Gasteiger partial charge >= 0.3 is 0 Å². The first-order valence-electron chi connectivity index (χ1n) is 9.90. The van der Waals surface area contributed by atoms with Gasteiger partial charge in [-0.15, -0.1) is 6.54 Å². The van der Waals surface area contributed by atoms with Crippen LogP contribution in [0.1, 0.15) is 32.6 Å². The van der Waals surface area contributed by atoms with E-state index in [2.05, 4.69) is 29.1 Å². The van der Waals surface area contributed by atoms with Crippen molar-refractivity contribution < 1.29 is 30.7 Å². The molecule has 28 heavy (non-hydrogen) atoms. The minimum atomic E-state index is 0. The van der Waals surface area contributed by atoms with E-state index < -0.39 is 0 Å². The van der Waals surface area contributed by atoms with Gasteiger partial charge in [-0.3, -0.25) is 9.59 Å². The van der Waals surface area contributed by atoms with Gasteiger partial charge < -0.3 is 34.4 Å². The number of carbonyl (C=O) groups is 2. The molecule has 2 saturated heterocycles. The molecule has 2 aliphatic rings. The Balaban J connectivity index is 0. The molecule has 0 unspecified atom stereocenters. The van der Waals surface area contributed by atoms with E-state index in [-0.39, 0.29) is 46.1 Å². The first-order chi connectivity index (χ1) is 12.4. The van der Waals surface area contributed by atoms with Gasteiger partial charge in [-0.2, -0.15) is 14.1 Å². The molecule has 6 nitrogen and oxygen atoms in total. The van der Waals surface area contributed by atoms with Gasteiger partial charge in [0.1, 0.15) is 5.78 Å². The third kappa shape index (κ3) is 10.5. The maximum atomic E-state index is 12.7. The predicted molar refractivity (Wildman–Crippen MR) is 114 cm³/mol. The number of nitrogens with zero attached hydrogens (tertiary/aromatic N) is 4. The molecule has 0 N–H and O–H groups in total. The van der Waals surface area contributed by atoms with Gasteiger partial charge in [0.15, 0.2) is 0 Å². The summed E-state index contributed by atoms with van der Waals surface area (Å²) in [5, 5.41) is 3.50. The smallest absolute Gasteiger partial charge is 0.225 e. The van der Waals surface area contributed by atoms with Gasteiger partial charge in [-0.25, -0.2) is 0 Å². The van der Waals surface area contributed by atoms with Crippen LogP contribution < -0.4 is 0 Å². The molecule has 0 atom stereocenters. The van der Waals surface area contributed by atoms with Crippen LogP contribution in [0.2, 0.25) is 0 Å². The molecule has 1 amide bonds. The van der Waals surface area contributed by atoms with Crippen molar-refractivity contribution in [2.75, 3.05) is 67.0 Å². The first-order valence-corrected chi connectivity index (χ1v) is 9.90. The van der Waals surface area contributed by atoms with E-state index in [0.717, 1.165) is 71.5 Å². The summed E-state index contributed by atoms with van der Waals surface area (Å²) in [5.41, 5.74) is 0. The number of hydrogen-bond donors (Lipinski definition) is 0. The third-order valence-electron chi connectivity index (χ3n) is 5.50. The van der Waals surface area contributed by atoms with Crippen molar-refractivity contribution in [1.82, 2.24) is 14.7 Å². The third-order valence-corrected chi connectivity index (χ3v) is 5.50. The van der Waals surface area contributed by atoms with Crippen molar-refractivity contribution in [3.63, 3.8) is 0 Å². The van der Waals surface area contributed by atoms with Crippen molar-refractivity contribution in [1.29, 1.82) is 0 Å². The van der Waals surface area contributed by atoms with Gasteiger partial charge in [0.25, 0.3) is 0 Å². The molecular weight excluding hydrogens is 524 g/mol. The molecule has 2 heterocycles. The topological polar surface area (TPSA) is 58.0 Å². The first kappa shape index (κ1) is 29.9. The van der Waals surface area contributed by atoms with Crippen molar-refractivity contribution >= 4 is 11.7 Å². The molecule has 2 aliphatic heterocycles. The standard InChI is InChI=1S/C18H32N3O2.C2H6N.CH3.W/c1-4-19(3)13-14-20-9-5-17(6-10-20)18(23)21-11-7-16(8-12-21)15(2)22;1-3-2;;/h16-17H,1,4-14H2,2-3H3;1-2H3;1H3;/q3*-1;. The van der Waals surface area contributed by atoms with Crippen LogP contribution in [0.15, 0.2) is 0 Å². The summed E-state index contributed by atoms with van der Waals surface area (Å²) in [6, 6.07) is 0. The molecule has 2 fully saturated rings. The molecule has 0 saturated carbocycles. The second kappa shape index (κ2) is 16.5. The van der Waals surface area contributed by atoms with Crippen LogP contribution in [0.4, 0.5) is 0 Å². The number of hydrogen-bond acceptors (Lipinski definition) is 4. The van der Waals surface area contributed by atoms with Crippen LogP contribution >= 0.6 is 0 Å². The minimum absolute atomic E-state index is 0. The van der Waals surface area contributed by atoms with E-state index >= 15 is 0 Å². The Kier molecular flexibility index (Phi) is 17.6. The molecule has 0 aromatic rings. The van der Waals surface area contributed by atoms with E-state index in [1.54, 1.807) is 21.0 Å². The molecule has 0 radical (unpaired) electrons. The fourth-order valence-electron chi connectivity index (χ4n) is 3.59. The van der Waals surface area contributed by atoms with Gasteiger partial charge in [-0.1, -0.05) is 0 Å². The molecular formula is C21H41N4O2W-3. The summed E-state index contributed by atoms with van der Waals surface area (Å²) < 4.78 is 0. The van der Waals surface area contributed by atoms with Crippen molar-refractivity contribution in [3.05, 3.63) is 19.7 Å². The summed E-state index contributed by atoms with van der Waals surface area (Å²) in [6.07, 6.45) is 3.63. The van der Waals surface area contributed by atoms with Crippen LogP contribution in [0.3, 0.4) is 0 Å². The molecule has 0 aromatic heterocycles. The summed E-state index contributed by atoms with van der Waals surface area (Å²) in [6.45, 7) is 12.1. The number of carbonyl (C=O) groups excluding carboxylic acids is 2. The summed E-state index contributed by atoms with van der Waals surface area (Å²) in [7, 11) is 5.59. The zero-order chi connectivity index (χ0) is 19.5. The molecule has 2 rings (SSSR count). The van der Waals surface area contributed by atoms with Gasteiger partial charge in [0.2, 0.25) is 5.91 Å². The maximum Gasteiger partial charge on any atom is 0.225 e. The van der Waals surface area contributed by atoms with E-state index in [1.165, 1.54) is 0 Å². The van der Waals surface area contributed by atoms with Crippen LogP contribution in [-0.2, 0) is 30.7 Å². The average molecular weight is 565 g/mol. The molecule has 0 bridgehead atoms. The summed E-state index contributed by atoms with van der Waals surface area (Å²) in [5.74, 6) is 0.954. The monoisotopic (exact) mass is 565 g/mol. The van der Waals surface area contributed by atoms with Gasteiger partial charge in [0, 0.05) is 59.1 Å². The second-order valence-corrected chi connectivity index (χ2v) is 7.58. The Hall–Kier alpha value is -0.292. The molecule has 166 valence electrons. The number of ketones is 1. The van der Waals surface area contributed by atoms with Crippen LogP contribution in [0.5, 0.6) is 0 Å². The minimum Gasteiger partial charge on any atom is -0.668 e. The fourth-order valence-corrected chi connectivity index (χ4v) is 3.59. The van der Waals surface area contributed by atoms with Crippen LogP contribution in [0.25, 0.3) is 5.32 Å². The maximum absolute atomic E-state index is 12.7. The zero-order valence-corrected chi connectivity index (χ0v) is 21.6. The molecule has 0 spiro atoms. The van der Waals surface area contributed by atoms with Crippen LogP contribution in [-0.4, -0.2) is 93.3 Å². The number of likely N-dealkylation sites (N-methyl/N-ethyl adjacent to an activating group) is 1. The normalized spacial score (nSPS) is 18.6. The summed E-state index contributed by atoms with van der Waals surface area (Å²) in [4.78, 5) is 30.8. The Morgan fingerprint density at radius 1 is 1.04 bits per heavy atom. The quantitative estimate of drug-likeness (QED) is 0.465. The second-order valence-electron chi connectivity index (χ2n) is 7.58. The Bertz CT molecular complexity index is 421. The average Bonchev–Trinajstić information content (AvgIpc) is 2.66. The van der Waals surface area contributed by atoms with E-state index in [1.807, 2.05) is 4.90 Å². The van der Waals surface area contributed by atoms with Crippen molar-refractivity contribution in [3.8, 4) is 0 Å². The van der Waals surface area contributed by atoms with E-state index in [0.29, 0.717) is 5.91 Å². The summed E-state index contributed by atoms with van der Waals surface area (Å²) >= 11 is 0. The SMILES string of the molecule is C[N-]C.[CH2-]CN(C)CCN1CCC(C(=O)N2CCC(C(C)=O)CC2)CC1.[CH3-].[W]. The van der Waals surface area contributed by atoms with Crippen molar-refractivity contribution in [2.45, 2.75) is 32.6 Å². The number of rotatable bonds is 6. The number of piperidine rings is 2. The van der Waals surface area contributed by atoms with E-state index in [9.17, 15) is 9.59 Å². The van der Waals surface area contributed by atoms with Gasteiger partial charge in [-0.05, 0) is 52.7 Å². The van der Waals surface area contributed by atoms with Crippen molar-refractivity contribution in [2.24, 2.45) is 11.8 Å². The van der Waals surface area contributed by atoms with Gasteiger partial charge in [0.05, 0.1) is 0 Å². The Labute approximate surface area is 188 Å². The zero-order valence-electron chi connectivity index (χ0n) is 18.7. The number of Topliss-reactive ketones (excluding diaryl/α,β-unsaturated/α-hetero) is 1.